The van der Waals surface area contributed by atoms with E-state index in [0.29, 0.717) is 0 Å². The number of hydrogen-bond donors (Lipinski definition) is 1. The molecule has 1 aliphatic heterocycles. The van der Waals surface area contributed by atoms with Crippen LogP contribution in [0.1, 0.15) is 44.7 Å². The maximum Gasteiger partial charge on any atom is 0.410 e. The summed E-state index contributed by atoms with van der Waals surface area (Å²) in [5.41, 5.74) is 8.75. The molecule has 1 saturated heterocycles. The number of nitrogen functional groups attached to an aromatic ring is 1. The quantitative estimate of drug-likeness (QED) is 0.848. The zero-order valence-corrected chi connectivity index (χ0v) is 13.5. The van der Waals surface area contributed by atoms with Gasteiger partial charge in [-0.3, -0.25) is 0 Å². The van der Waals surface area contributed by atoms with Crippen LogP contribution in [0.25, 0.3) is 0 Å². The highest BCUT2D eigenvalue weighted by Gasteiger charge is 2.32. The fraction of sp³-hybridized carbons (Fsp3) is 0.588. The van der Waals surface area contributed by atoms with E-state index in [1.807, 2.05) is 50.8 Å². The Kier molecular flexibility index (Phi) is 4.45. The largest absolute Gasteiger partial charge is 0.444 e. The monoisotopic (exact) mass is 290 g/mol. The number of amides is 1. The number of carbonyl (C=O) groups excluding carboxylic acids is 1. The van der Waals surface area contributed by atoms with Gasteiger partial charge in [-0.2, -0.15) is 0 Å². The van der Waals surface area contributed by atoms with Crippen LogP contribution in [0.3, 0.4) is 0 Å². The zero-order valence-electron chi connectivity index (χ0n) is 13.5. The zero-order chi connectivity index (χ0) is 15.6. The van der Waals surface area contributed by atoms with Gasteiger partial charge in [0.15, 0.2) is 0 Å². The Morgan fingerprint density at radius 3 is 2.81 bits per heavy atom. The van der Waals surface area contributed by atoms with Gasteiger partial charge in [-0.1, -0.05) is 18.2 Å². The summed E-state index contributed by atoms with van der Waals surface area (Å²) in [6.45, 7) is 8.47. The number of carbonyl (C=O) groups is 1. The van der Waals surface area contributed by atoms with E-state index in [9.17, 15) is 4.79 Å². The summed E-state index contributed by atoms with van der Waals surface area (Å²) in [6.07, 6.45) is 2.62. The van der Waals surface area contributed by atoms with E-state index in [1.165, 1.54) is 0 Å². The third-order valence-electron chi connectivity index (χ3n) is 3.88. The fourth-order valence-corrected chi connectivity index (χ4v) is 2.78. The van der Waals surface area contributed by atoms with Crippen molar-refractivity contribution < 1.29 is 9.53 Å². The summed E-state index contributed by atoms with van der Waals surface area (Å²) < 4.78 is 5.50. The third kappa shape index (κ3) is 3.90. The number of rotatable bonds is 2. The van der Waals surface area contributed by atoms with Crippen molar-refractivity contribution in [1.29, 1.82) is 0 Å². The van der Waals surface area contributed by atoms with Crippen LogP contribution in [0.5, 0.6) is 0 Å². The van der Waals surface area contributed by atoms with E-state index in [4.69, 9.17) is 10.5 Å². The summed E-state index contributed by atoms with van der Waals surface area (Å²) in [5, 5.41) is 0. The van der Waals surface area contributed by atoms with Gasteiger partial charge < -0.3 is 15.4 Å². The highest BCUT2D eigenvalue weighted by atomic mass is 16.6. The van der Waals surface area contributed by atoms with Gasteiger partial charge in [-0.15, -0.1) is 0 Å². The number of ether oxygens (including phenoxy) is 1. The van der Waals surface area contributed by atoms with E-state index in [1.54, 1.807) is 0 Å². The maximum atomic E-state index is 12.3. The lowest BCUT2D eigenvalue weighted by Crippen LogP contribution is -2.40. The van der Waals surface area contributed by atoms with Crippen molar-refractivity contribution in [2.75, 3.05) is 12.3 Å². The van der Waals surface area contributed by atoms with E-state index < -0.39 is 5.60 Å². The number of nitrogens with two attached hydrogens (primary N) is 1. The van der Waals surface area contributed by atoms with Crippen molar-refractivity contribution >= 4 is 11.8 Å². The number of nitrogens with zero attached hydrogens (tertiary/aromatic N) is 1. The van der Waals surface area contributed by atoms with E-state index >= 15 is 0 Å². The lowest BCUT2D eigenvalue weighted by molar-refractivity contribution is 0.0227. The van der Waals surface area contributed by atoms with Gasteiger partial charge >= 0.3 is 6.09 Å². The summed E-state index contributed by atoms with van der Waals surface area (Å²) in [4.78, 5) is 14.1. The topological polar surface area (TPSA) is 55.6 Å². The Hall–Kier alpha value is -1.71. The molecule has 1 atom stereocenters. The predicted octanol–water partition coefficient (Wildman–Crippen LogP) is 3.52. The van der Waals surface area contributed by atoms with Crippen molar-refractivity contribution in [1.82, 2.24) is 4.90 Å². The molecule has 1 aromatic carbocycles. The normalized spacial score (nSPS) is 18.9. The molecule has 0 bridgehead atoms. The first-order valence-corrected chi connectivity index (χ1v) is 7.61. The Morgan fingerprint density at radius 2 is 2.14 bits per heavy atom. The van der Waals surface area contributed by atoms with Crippen LogP contribution in [0.2, 0.25) is 0 Å². The Labute approximate surface area is 127 Å². The van der Waals surface area contributed by atoms with Crippen LogP contribution in [0.4, 0.5) is 10.5 Å². The third-order valence-corrected chi connectivity index (χ3v) is 3.88. The van der Waals surface area contributed by atoms with Crippen LogP contribution < -0.4 is 5.73 Å². The Balaban J connectivity index is 2.09. The molecule has 0 aromatic heterocycles. The molecule has 1 amide bonds. The number of anilines is 1. The lowest BCUT2D eigenvalue weighted by atomic mass is 10.00. The minimum absolute atomic E-state index is 0.184. The number of likely N-dealkylation sites (tertiary alicyclic amines) is 1. The van der Waals surface area contributed by atoms with E-state index in [0.717, 1.165) is 42.6 Å². The molecule has 0 radical (unpaired) electrons. The highest BCUT2D eigenvalue weighted by Crippen LogP contribution is 2.26. The molecule has 0 spiro atoms. The Bertz CT molecular complexity index is 520. The SMILES string of the molecule is Cc1cccc(CC2CCCN2C(=O)OC(C)(C)C)c1N. The van der Waals surface area contributed by atoms with Crippen LogP contribution in [-0.4, -0.2) is 29.2 Å². The molecule has 21 heavy (non-hydrogen) atoms. The van der Waals surface area contributed by atoms with Crippen LogP contribution in [-0.2, 0) is 11.2 Å². The van der Waals surface area contributed by atoms with Crippen LogP contribution in [0, 0.1) is 6.92 Å². The van der Waals surface area contributed by atoms with Gasteiger partial charge in [0.25, 0.3) is 0 Å². The number of hydrogen-bond acceptors (Lipinski definition) is 3. The fourth-order valence-electron chi connectivity index (χ4n) is 2.78. The molecule has 0 aliphatic carbocycles. The minimum atomic E-state index is -0.452. The lowest BCUT2D eigenvalue weighted by Gasteiger charge is -2.29. The molecule has 4 heteroatoms. The van der Waals surface area contributed by atoms with Gasteiger partial charge in [-0.05, 0) is 58.1 Å². The van der Waals surface area contributed by atoms with Gasteiger partial charge in [-0.25, -0.2) is 4.79 Å². The molecule has 1 fully saturated rings. The molecule has 1 aliphatic rings. The van der Waals surface area contributed by atoms with Crippen molar-refractivity contribution in [2.24, 2.45) is 0 Å². The molecule has 116 valence electrons. The standard InChI is InChI=1S/C17H26N2O2/c1-12-7-5-8-13(15(12)18)11-14-9-6-10-19(14)16(20)21-17(2,3)4/h5,7-8,14H,6,9-11,18H2,1-4H3. The van der Waals surface area contributed by atoms with Gasteiger partial charge in [0.05, 0.1) is 0 Å². The molecule has 0 saturated carbocycles. The first kappa shape index (κ1) is 15.7. The average molecular weight is 290 g/mol. The van der Waals surface area contributed by atoms with Crippen molar-refractivity contribution in [3.05, 3.63) is 29.3 Å². The summed E-state index contributed by atoms with van der Waals surface area (Å²) >= 11 is 0. The molecule has 2 rings (SSSR count). The number of aryl methyl sites for hydroxylation is 1. The molecule has 4 nitrogen and oxygen atoms in total. The first-order chi connectivity index (χ1) is 9.78. The highest BCUT2D eigenvalue weighted by molar-refractivity contribution is 5.69. The minimum Gasteiger partial charge on any atom is -0.444 e. The van der Waals surface area contributed by atoms with Crippen LogP contribution in [0.15, 0.2) is 18.2 Å². The predicted molar refractivity (Wildman–Crippen MR) is 85.3 cm³/mol. The van der Waals surface area contributed by atoms with Crippen molar-refractivity contribution in [2.45, 2.75) is 58.6 Å². The summed E-state index contributed by atoms with van der Waals surface area (Å²) in [5.74, 6) is 0. The van der Waals surface area contributed by atoms with Crippen molar-refractivity contribution in [3.8, 4) is 0 Å². The van der Waals surface area contributed by atoms with Gasteiger partial charge in [0.1, 0.15) is 5.60 Å². The molecule has 1 unspecified atom stereocenters. The second kappa shape index (κ2) is 5.96. The first-order valence-electron chi connectivity index (χ1n) is 7.61. The molecular weight excluding hydrogens is 264 g/mol. The molecule has 2 N–H and O–H groups in total. The second-order valence-electron chi connectivity index (χ2n) is 6.82. The summed E-state index contributed by atoms with van der Waals surface area (Å²) in [7, 11) is 0. The summed E-state index contributed by atoms with van der Waals surface area (Å²) in [6, 6.07) is 6.27. The molecule has 1 heterocycles. The smallest absolute Gasteiger partial charge is 0.410 e. The molecular formula is C17H26N2O2. The molecule has 1 aromatic rings. The maximum absolute atomic E-state index is 12.3. The van der Waals surface area contributed by atoms with E-state index in [2.05, 4.69) is 0 Å². The van der Waals surface area contributed by atoms with Gasteiger partial charge in [0.2, 0.25) is 0 Å². The average Bonchev–Trinajstić information content (AvgIpc) is 2.81. The van der Waals surface area contributed by atoms with E-state index in [-0.39, 0.29) is 12.1 Å². The second-order valence-corrected chi connectivity index (χ2v) is 6.82. The number of benzene rings is 1. The van der Waals surface area contributed by atoms with Crippen molar-refractivity contribution in [3.63, 3.8) is 0 Å². The number of para-hydroxylation sites is 1. The van der Waals surface area contributed by atoms with Gasteiger partial charge in [0, 0.05) is 18.3 Å². The Morgan fingerprint density at radius 1 is 1.43 bits per heavy atom. The van der Waals surface area contributed by atoms with Crippen LogP contribution >= 0.6 is 0 Å².